The van der Waals surface area contributed by atoms with Crippen molar-refractivity contribution in [3.05, 3.63) is 29.3 Å². The summed E-state index contributed by atoms with van der Waals surface area (Å²) in [4.78, 5) is 40.8. The summed E-state index contributed by atoms with van der Waals surface area (Å²) in [5.41, 5.74) is 1.26. The number of methoxy groups -OCH3 is 1. The van der Waals surface area contributed by atoms with Crippen molar-refractivity contribution in [2.24, 2.45) is 0 Å². The van der Waals surface area contributed by atoms with Crippen LogP contribution in [0.5, 0.6) is 0 Å². The van der Waals surface area contributed by atoms with E-state index in [9.17, 15) is 14.4 Å². The maximum atomic E-state index is 12.7. The summed E-state index contributed by atoms with van der Waals surface area (Å²) >= 11 is 0. The largest absolute Gasteiger partial charge is 0.385 e. The van der Waals surface area contributed by atoms with Crippen LogP contribution in [-0.2, 0) is 4.74 Å². The lowest BCUT2D eigenvalue weighted by atomic mass is 9.98. The second-order valence-corrected chi connectivity index (χ2v) is 7.34. The van der Waals surface area contributed by atoms with Crippen molar-refractivity contribution in [1.29, 1.82) is 0 Å². The fraction of sp³-hybridized carbons (Fsp3) is 0.550. The molecule has 2 heterocycles. The molecule has 0 spiro atoms. The highest BCUT2D eigenvalue weighted by Gasteiger charge is 2.35. The van der Waals surface area contributed by atoms with Crippen molar-refractivity contribution >= 4 is 23.5 Å². The van der Waals surface area contributed by atoms with Gasteiger partial charge in [0.2, 0.25) is 0 Å². The number of ether oxygens (including phenoxy) is 1. The molecule has 1 aromatic carbocycles. The molecule has 2 atom stereocenters. The molecular weight excluding hydrogens is 346 g/mol. The monoisotopic (exact) mass is 373 g/mol. The standard InChI is InChI=1S/C20H27N3O4/c1-13-6-4-7-14(2)23(13)20(26)21-15-8-9-16-17(12-15)19(25)22(18(16)24)10-5-11-27-3/h8-9,12-14H,4-7,10-11H2,1-3H3,(H,21,26). The maximum Gasteiger partial charge on any atom is 0.322 e. The Bertz CT molecular complexity index is 739. The van der Waals surface area contributed by atoms with Crippen LogP contribution < -0.4 is 5.32 Å². The number of amides is 4. The van der Waals surface area contributed by atoms with E-state index in [4.69, 9.17) is 4.74 Å². The molecule has 2 aliphatic heterocycles. The van der Waals surface area contributed by atoms with Gasteiger partial charge in [-0.15, -0.1) is 0 Å². The number of nitrogens with one attached hydrogen (secondary N) is 1. The first kappa shape index (κ1) is 19.4. The Labute approximate surface area is 159 Å². The lowest BCUT2D eigenvalue weighted by Gasteiger charge is -2.38. The first-order chi connectivity index (χ1) is 12.9. The van der Waals surface area contributed by atoms with Crippen LogP contribution in [-0.4, -0.2) is 60.0 Å². The van der Waals surface area contributed by atoms with E-state index in [1.165, 1.54) is 4.90 Å². The molecular formula is C20H27N3O4. The number of fused-ring (bicyclic) bond motifs is 1. The van der Waals surface area contributed by atoms with Crippen molar-refractivity contribution in [2.75, 3.05) is 25.6 Å². The molecule has 0 aromatic heterocycles. The molecule has 1 aromatic rings. The molecule has 0 aliphatic carbocycles. The first-order valence-corrected chi connectivity index (χ1v) is 9.52. The lowest BCUT2D eigenvalue weighted by Crippen LogP contribution is -2.49. The van der Waals surface area contributed by atoms with Gasteiger partial charge in [-0.2, -0.15) is 0 Å². The Morgan fingerprint density at radius 2 is 1.81 bits per heavy atom. The normalized spacial score (nSPS) is 22.2. The second-order valence-electron chi connectivity index (χ2n) is 7.34. The smallest absolute Gasteiger partial charge is 0.322 e. The highest BCUT2D eigenvalue weighted by atomic mass is 16.5. The maximum absolute atomic E-state index is 12.7. The number of likely N-dealkylation sites (tertiary alicyclic amines) is 1. The van der Waals surface area contributed by atoms with Crippen molar-refractivity contribution in [2.45, 2.75) is 51.6 Å². The Kier molecular flexibility index (Phi) is 5.79. The highest BCUT2D eigenvalue weighted by Crippen LogP contribution is 2.27. The predicted octanol–water partition coefficient (Wildman–Crippen LogP) is 3.11. The fourth-order valence-corrected chi connectivity index (χ4v) is 3.95. The number of carbonyl (C=O) groups is 3. The van der Waals surface area contributed by atoms with Crippen molar-refractivity contribution in [3.63, 3.8) is 0 Å². The van der Waals surface area contributed by atoms with Crippen molar-refractivity contribution in [1.82, 2.24) is 9.80 Å². The zero-order chi connectivity index (χ0) is 19.6. The quantitative estimate of drug-likeness (QED) is 0.635. The number of nitrogens with zero attached hydrogens (tertiary/aromatic N) is 2. The molecule has 1 fully saturated rings. The predicted molar refractivity (Wildman–Crippen MR) is 102 cm³/mol. The van der Waals surface area contributed by atoms with E-state index in [-0.39, 0.29) is 29.9 Å². The Morgan fingerprint density at radius 1 is 1.15 bits per heavy atom. The minimum absolute atomic E-state index is 0.164. The van der Waals surface area contributed by atoms with Crippen molar-refractivity contribution < 1.29 is 19.1 Å². The number of imide groups is 1. The van der Waals surface area contributed by atoms with E-state index in [1.54, 1.807) is 25.3 Å². The summed E-state index contributed by atoms with van der Waals surface area (Å²) < 4.78 is 4.99. The molecule has 7 nitrogen and oxygen atoms in total. The van der Waals surface area contributed by atoms with E-state index >= 15 is 0 Å². The molecule has 0 radical (unpaired) electrons. The van der Waals surface area contributed by atoms with Gasteiger partial charge in [-0.3, -0.25) is 14.5 Å². The third-order valence-corrected chi connectivity index (χ3v) is 5.38. The lowest BCUT2D eigenvalue weighted by molar-refractivity contribution is 0.0638. The van der Waals surface area contributed by atoms with Gasteiger partial charge in [0.25, 0.3) is 11.8 Å². The van der Waals surface area contributed by atoms with Crippen LogP contribution in [0.25, 0.3) is 0 Å². The van der Waals surface area contributed by atoms with Crippen molar-refractivity contribution in [3.8, 4) is 0 Å². The first-order valence-electron chi connectivity index (χ1n) is 9.52. The zero-order valence-electron chi connectivity index (χ0n) is 16.2. The van der Waals surface area contributed by atoms with E-state index in [1.807, 2.05) is 4.90 Å². The molecule has 4 amide bonds. The summed E-state index contributed by atoms with van der Waals surface area (Å²) in [6.07, 6.45) is 3.70. The molecule has 3 rings (SSSR count). The minimum atomic E-state index is -0.318. The Balaban J connectivity index is 1.73. The molecule has 1 N–H and O–H groups in total. The zero-order valence-corrected chi connectivity index (χ0v) is 16.2. The average Bonchev–Trinajstić information content (AvgIpc) is 2.86. The van der Waals surface area contributed by atoms with Crippen LogP contribution in [0.15, 0.2) is 18.2 Å². The number of piperidine rings is 1. The van der Waals surface area contributed by atoms with Crippen LogP contribution in [0.1, 0.15) is 60.2 Å². The number of rotatable bonds is 5. The number of benzene rings is 1. The Morgan fingerprint density at radius 3 is 2.48 bits per heavy atom. The van der Waals surface area contributed by atoms with Gasteiger partial charge in [0, 0.05) is 38.0 Å². The molecule has 0 saturated carbocycles. The van der Waals surface area contributed by atoms with E-state index in [0.29, 0.717) is 36.4 Å². The number of carbonyl (C=O) groups excluding carboxylic acids is 3. The summed E-state index contributed by atoms with van der Waals surface area (Å²) in [7, 11) is 1.58. The van der Waals surface area contributed by atoms with Gasteiger partial charge in [0.1, 0.15) is 0 Å². The average molecular weight is 373 g/mol. The molecule has 2 unspecified atom stereocenters. The third kappa shape index (κ3) is 3.83. The van der Waals surface area contributed by atoms with Crippen LogP contribution in [0.2, 0.25) is 0 Å². The van der Waals surface area contributed by atoms with Gasteiger partial charge in [0.05, 0.1) is 11.1 Å². The summed E-state index contributed by atoms with van der Waals surface area (Å²) in [6.45, 7) is 4.92. The molecule has 7 heteroatoms. The molecule has 0 bridgehead atoms. The van der Waals surface area contributed by atoms with Crippen LogP contribution >= 0.6 is 0 Å². The summed E-state index contributed by atoms with van der Waals surface area (Å²) in [6, 6.07) is 5.10. The topological polar surface area (TPSA) is 79.0 Å². The number of anilines is 1. The molecule has 1 saturated heterocycles. The van der Waals surface area contributed by atoms with Crippen LogP contribution in [0.4, 0.5) is 10.5 Å². The molecule has 2 aliphatic rings. The van der Waals surface area contributed by atoms with Crippen LogP contribution in [0, 0.1) is 0 Å². The molecule has 27 heavy (non-hydrogen) atoms. The summed E-state index contributed by atoms with van der Waals surface area (Å²) in [5.74, 6) is -0.607. The van der Waals surface area contributed by atoms with Crippen LogP contribution in [0.3, 0.4) is 0 Å². The molecule has 146 valence electrons. The van der Waals surface area contributed by atoms with Gasteiger partial charge in [-0.05, 0) is 57.7 Å². The second kappa shape index (κ2) is 8.08. The highest BCUT2D eigenvalue weighted by molar-refractivity contribution is 6.21. The van der Waals surface area contributed by atoms with E-state index < -0.39 is 0 Å². The van der Waals surface area contributed by atoms with Gasteiger partial charge < -0.3 is 15.0 Å². The van der Waals surface area contributed by atoms with Gasteiger partial charge in [-0.1, -0.05) is 0 Å². The van der Waals surface area contributed by atoms with Gasteiger partial charge in [0.15, 0.2) is 0 Å². The minimum Gasteiger partial charge on any atom is -0.385 e. The van der Waals surface area contributed by atoms with E-state index in [2.05, 4.69) is 19.2 Å². The number of hydrogen-bond acceptors (Lipinski definition) is 4. The Hall–Kier alpha value is -2.41. The number of hydrogen-bond donors (Lipinski definition) is 1. The van der Waals surface area contributed by atoms with Gasteiger partial charge >= 0.3 is 6.03 Å². The van der Waals surface area contributed by atoms with E-state index in [0.717, 1.165) is 19.3 Å². The third-order valence-electron chi connectivity index (χ3n) is 5.38. The SMILES string of the molecule is COCCCN1C(=O)c2ccc(NC(=O)N3C(C)CCCC3C)cc2C1=O. The summed E-state index contributed by atoms with van der Waals surface area (Å²) in [5, 5.41) is 2.89. The van der Waals surface area contributed by atoms with Gasteiger partial charge in [-0.25, -0.2) is 4.79 Å². The fourth-order valence-electron chi connectivity index (χ4n) is 3.95. The number of urea groups is 1.